The van der Waals surface area contributed by atoms with E-state index in [1.54, 1.807) is 23.1 Å². The number of rotatable bonds is 3. The zero-order valence-electron chi connectivity index (χ0n) is 17.9. The number of nitrogens with zero attached hydrogens (tertiary/aromatic N) is 6. The largest absolute Gasteiger partial charge is 0.491 e. The normalized spacial score (nSPS) is 17.4. The van der Waals surface area contributed by atoms with E-state index in [0.29, 0.717) is 41.8 Å². The second-order valence-corrected chi connectivity index (χ2v) is 10.6. The number of aromatic nitrogens is 5. The minimum atomic E-state index is -3.06. The van der Waals surface area contributed by atoms with Gasteiger partial charge < -0.3 is 14.2 Å². The lowest BCUT2D eigenvalue weighted by Crippen LogP contribution is -2.43. The van der Waals surface area contributed by atoms with Crippen LogP contribution >= 0.6 is 0 Å². The topological polar surface area (TPSA) is 112 Å². The van der Waals surface area contributed by atoms with Crippen LogP contribution in [0.2, 0.25) is 0 Å². The highest BCUT2D eigenvalue weighted by molar-refractivity contribution is 7.91. The third-order valence-electron chi connectivity index (χ3n) is 5.76. The first kappa shape index (κ1) is 20.7. The summed E-state index contributed by atoms with van der Waals surface area (Å²) in [7, 11) is -3.06. The van der Waals surface area contributed by atoms with Crippen LogP contribution in [-0.2, 0) is 16.4 Å². The SMILES string of the molecule is CC(C)n1ncnc1-c1cn2c(n1)-c1cc(C(=O)N3CCS(=O)(=O)CC3)ccc1OCC2. The Balaban J connectivity index is 1.51. The molecular formula is C21H24N6O4S. The maximum Gasteiger partial charge on any atom is 0.253 e. The minimum absolute atomic E-state index is 0.00289. The van der Waals surface area contributed by atoms with Gasteiger partial charge in [-0.3, -0.25) is 4.79 Å². The zero-order chi connectivity index (χ0) is 22.5. The predicted molar refractivity (Wildman–Crippen MR) is 117 cm³/mol. The number of carbonyl (C=O) groups excluding carboxylic acids is 1. The van der Waals surface area contributed by atoms with Crippen molar-refractivity contribution >= 4 is 15.7 Å². The van der Waals surface area contributed by atoms with E-state index in [-0.39, 0.29) is 36.5 Å². The van der Waals surface area contributed by atoms with Crippen LogP contribution in [0.1, 0.15) is 30.2 Å². The summed E-state index contributed by atoms with van der Waals surface area (Å²) in [6.45, 7) is 5.57. The molecule has 1 aromatic carbocycles. The van der Waals surface area contributed by atoms with Crippen LogP contribution in [0.3, 0.4) is 0 Å². The van der Waals surface area contributed by atoms with Crippen LogP contribution in [0.25, 0.3) is 22.9 Å². The summed E-state index contributed by atoms with van der Waals surface area (Å²) in [5, 5.41) is 4.30. The van der Waals surface area contributed by atoms with Crippen LogP contribution < -0.4 is 4.74 Å². The van der Waals surface area contributed by atoms with E-state index in [2.05, 4.69) is 10.1 Å². The molecule has 1 saturated heterocycles. The third-order valence-corrected chi connectivity index (χ3v) is 7.37. The fourth-order valence-electron chi connectivity index (χ4n) is 4.04. The molecule has 168 valence electrons. The lowest BCUT2D eigenvalue weighted by Gasteiger charge is -2.27. The molecule has 1 fully saturated rings. The molecule has 2 aromatic heterocycles. The van der Waals surface area contributed by atoms with Crippen molar-refractivity contribution < 1.29 is 17.9 Å². The second-order valence-electron chi connectivity index (χ2n) is 8.27. The summed E-state index contributed by atoms with van der Waals surface area (Å²) in [5.41, 5.74) is 1.91. The van der Waals surface area contributed by atoms with Crippen molar-refractivity contribution in [1.29, 1.82) is 0 Å². The van der Waals surface area contributed by atoms with Gasteiger partial charge in [-0.2, -0.15) is 5.10 Å². The van der Waals surface area contributed by atoms with Gasteiger partial charge in [0, 0.05) is 30.9 Å². The quantitative estimate of drug-likeness (QED) is 0.589. The summed E-state index contributed by atoms with van der Waals surface area (Å²) >= 11 is 0. The van der Waals surface area contributed by atoms with Gasteiger partial charge in [-0.1, -0.05) is 0 Å². The second kappa shape index (κ2) is 7.73. The lowest BCUT2D eigenvalue weighted by molar-refractivity contribution is 0.0770. The first-order chi connectivity index (χ1) is 15.3. The van der Waals surface area contributed by atoms with Crippen molar-refractivity contribution in [3.8, 4) is 28.7 Å². The van der Waals surface area contributed by atoms with Gasteiger partial charge in [-0.05, 0) is 32.0 Å². The summed E-state index contributed by atoms with van der Waals surface area (Å²) in [6.07, 6.45) is 3.45. The fraction of sp³-hybridized carbons (Fsp3) is 0.429. The highest BCUT2D eigenvalue weighted by atomic mass is 32.2. The molecule has 0 unspecified atom stereocenters. The number of amides is 1. The zero-order valence-corrected chi connectivity index (χ0v) is 18.7. The van der Waals surface area contributed by atoms with Crippen molar-refractivity contribution in [2.24, 2.45) is 0 Å². The molecule has 5 rings (SSSR count). The molecule has 1 amide bonds. The number of carbonyl (C=O) groups is 1. The standard InChI is InChI=1S/C21H24N6O4S/c1-14(2)27-20(22-13-23-27)17-12-26-5-8-31-18-4-3-15(11-16(18)19(26)24-17)21(28)25-6-9-32(29,30)10-7-25/h3-4,11-14H,5-10H2,1-2H3. The predicted octanol–water partition coefficient (Wildman–Crippen LogP) is 1.65. The van der Waals surface area contributed by atoms with E-state index < -0.39 is 9.84 Å². The molecule has 32 heavy (non-hydrogen) atoms. The molecule has 10 nitrogen and oxygen atoms in total. The van der Waals surface area contributed by atoms with Crippen molar-refractivity contribution in [2.75, 3.05) is 31.2 Å². The van der Waals surface area contributed by atoms with E-state index in [1.165, 1.54) is 6.33 Å². The molecular weight excluding hydrogens is 432 g/mol. The Morgan fingerprint density at radius 1 is 1.12 bits per heavy atom. The average molecular weight is 457 g/mol. The highest BCUT2D eigenvalue weighted by Crippen LogP contribution is 2.35. The van der Waals surface area contributed by atoms with Crippen LogP contribution in [0.5, 0.6) is 5.75 Å². The van der Waals surface area contributed by atoms with Crippen LogP contribution in [-0.4, -0.2) is 74.7 Å². The molecule has 0 aliphatic carbocycles. The van der Waals surface area contributed by atoms with Crippen molar-refractivity contribution in [2.45, 2.75) is 26.4 Å². The molecule has 0 spiro atoms. The van der Waals surface area contributed by atoms with E-state index in [4.69, 9.17) is 9.72 Å². The van der Waals surface area contributed by atoms with Crippen LogP contribution in [0, 0.1) is 0 Å². The average Bonchev–Trinajstić information content (AvgIpc) is 3.37. The van der Waals surface area contributed by atoms with Crippen LogP contribution in [0.4, 0.5) is 0 Å². The van der Waals surface area contributed by atoms with E-state index in [9.17, 15) is 13.2 Å². The maximum atomic E-state index is 13.0. The van der Waals surface area contributed by atoms with Gasteiger partial charge in [0.1, 0.15) is 30.2 Å². The molecule has 2 aliphatic heterocycles. The summed E-state index contributed by atoms with van der Waals surface area (Å²) in [4.78, 5) is 23.8. The Morgan fingerprint density at radius 2 is 1.91 bits per heavy atom. The van der Waals surface area contributed by atoms with E-state index in [0.717, 1.165) is 5.56 Å². The Kier molecular flexibility index (Phi) is 5.00. The Hall–Kier alpha value is -3.21. The van der Waals surface area contributed by atoms with Gasteiger partial charge >= 0.3 is 0 Å². The first-order valence-corrected chi connectivity index (χ1v) is 12.4. The first-order valence-electron chi connectivity index (χ1n) is 10.6. The Morgan fingerprint density at radius 3 is 2.66 bits per heavy atom. The summed E-state index contributed by atoms with van der Waals surface area (Å²) in [5.74, 6) is 1.84. The van der Waals surface area contributed by atoms with Crippen molar-refractivity contribution in [1.82, 2.24) is 29.2 Å². The molecule has 0 saturated carbocycles. The van der Waals surface area contributed by atoms with Gasteiger partial charge in [0.15, 0.2) is 15.7 Å². The Labute approximate surface area is 185 Å². The highest BCUT2D eigenvalue weighted by Gasteiger charge is 2.28. The summed E-state index contributed by atoms with van der Waals surface area (Å²) in [6, 6.07) is 5.42. The van der Waals surface area contributed by atoms with Crippen molar-refractivity contribution in [3.05, 3.63) is 36.3 Å². The minimum Gasteiger partial charge on any atom is -0.491 e. The molecule has 3 aromatic rings. The number of fused-ring (bicyclic) bond motifs is 3. The Bertz CT molecular complexity index is 1280. The number of ether oxygens (including phenoxy) is 1. The molecule has 0 N–H and O–H groups in total. The van der Waals surface area contributed by atoms with Gasteiger partial charge in [0.2, 0.25) is 0 Å². The smallest absolute Gasteiger partial charge is 0.253 e. The number of hydrogen-bond donors (Lipinski definition) is 0. The van der Waals surface area contributed by atoms with Gasteiger partial charge in [0.05, 0.1) is 23.6 Å². The number of sulfone groups is 1. The monoisotopic (exact) mass is 456 g/mol. The number of benzene rings is 1. The van der Waals surface area contributed by atoms with Gasteiger partial charge in [-0.25, -0.2) is 23.1 Å². The van der Waals surface area contributed by atoms with E-state index in [1.807, 2.05) is 29.3 Å². The number of hydrogen-bond acceptors (Lipinski definition) is 7. The summed E-state index contributed by atoms with van der Waals surface area (Å²) < 4.78 is 33.1. The lowest BCUT2D eigenvalue weighted by atomic mass is 10.1. The molecule has 0 atom stereocenters. The molecule has 4 heterocycles. The molecule has 0 radical (unpaired) electrons. The van der Waals surface area contributed by atoms with Gasteiger partial charge in [0.25, 0.3) is 5.91 Å². The van der Waals surface area contributed by atoms with Crippen LogP contribution in [0.15, 0.2) is 30.7 Å². The molecule has 0 bridgehead atoms. The van der Waals surface area contributed by atoms with Gasteiger partial charge in [-0.15, -0.1) is 0 Å². The number of imidazole rings is 1. The fourth-order valence-corrected chi connectivity index (χ4v) is 5.24. The van der Waals surface area contributed by atoms with Crippen molar-refractivity contribution in [3.63, 3.8) is 0 Å². The maximum absolute atomic E-state index is 13.0. The molecule has 11 heteroatoms. The van der Waals surface area contributed by atoms with E-state index >= 15 is 0 Å². The molecule has 2 aliphatic rings. The third kappa shape index (κ3) is 3.66.